The van der Waals surface area contributed by atoms with Gasteiger partial charge in [0.05, 0.1) is 16.6 Å². The maximum absolute atomic E-state index is 4.99. The highest BCUT2D eigenvalue weighted by Gasteiger charge is 2.19. The number of nitrogens with zero attached hydrogens (tertiary/aromatic N) is 5. The van der Waals surface area contributed by atoms with E-state index in [4.69, 9.17) is 15.0 Å². The lowest BCUT2D eigenvalue weighted by Crippen LogP contribution is -2.00. The van der Waals surface area contributed by atoms with E-state index in [0.717, 1.165) is 39.2 Å². The molecule has 5 nitrogen and oxygen atoms in total. The molecule has 0 saturated heterocycles. The zero-order chi connectivity index (χ0) is 37.0. The summed E-state index contributed by atoms with van der Waals surface area (Å²) in [5, 5.41) is 6.17. The summed E-state index contributed by atoms with van der Waals surface area (Å²) in [6, 6.07) is 68.2. The molecule has 0 aliphatic rings. The van der Waals surface area contributed by atoms with Crippen LogP contribution in [0.3, 0.4) is 0 Å². The Balaban J connectivity index is 1.06. The molecule has 0 amide bonds. The first-order valence-corrected chi connectivity index (χ1v) is 18.9. The number of para-hydroxylation sites is 2. The van der Waals surface area contributed by atoms with Gasteiger partial charge in [-0.05, 0) is 65.0 Å². The van der Waals surface area contributed by atoms with Crippen LogP contribution < -0.4 is 0 Å². The highest BCUT2D eigenvalue weighted by Crippen LogP contribution is 2.41. The van der Waals surface area contributed by atoms with Crippen molar-refractivity contribution in [2.75, 3.05) is 0 Å². The van der Waals surface area contributed by atoms with Crippen molar-refractivity contribution >= 4 is 43.5 Å². The SMILES string of the molecule is c1ccc(-c2nc(-c3ccccc3)nc(-c3cccc(-c4cccc(-n5ccc6ccc7ccc8c(c9ccccc9n8-c8ccccc8)c7c65)c4)c3)n2)cc1. The van der Waals surface area contributed by atoms with Gasteiger partial charge < -0.3 is 9.13 Å². The molecule has 0 atom stereocenters. The average Bonchev–Trinajstić information content (AvgIpc) is 3.87. The van der Waals surface area contributed by atoms with Crippen LogP contribution in [0, 0.1) is 0 Å². The van der Waals surface area contributed by atoms with Gasteiger partial charge in [0, 0.05) is 55.8 Å². The molecule has 0 aliphatic carbocycles. The van der Waals surface area contributed by atoms with Gasteiger partial charge in [0.15, 0.2) is 17.5 Å². The molecule has 0 aliphatic heterocycles. The van der Waals surface area contributed by atoms with Crippen LogP contribution in [0.5, 0.6) is 0 Å². The Kier molecular flexibility index (Phi) is 7.42. The molecule has 0 bridgehead atoms. The molecule has 262 valence electrons. The highest BCUT2D eigenvalue weighted by molar-refractivity contribution is 6.27. The molecule has 0 N–H and O–H groups in total. The summed E-state index contributed by atoms with van der Waals surface area (Å²) in [6.07, 6.45) is 2.20. The van der Waals surface area contributed by atoms with Gasteiger partial charge in [0.1, 0.15) is 0 Å². The van der Waals surface area contributed by atoms with Crippen molar-refractivity contribution in [3.8, 4) is 56.7 Å². The number of hydrogen-bond donors (Lipinski definition) is 0. The molecule has 5 heteroatoms. The minimum Gasteiger partial charge on any atom is -0.316 e. The van der Waals surface area contributed by atoms with Crippen LogP contribution in [-0.2, 0) is 0 Å². The van der Waals surface area contributed by atoms with E-state index in [1.807, 2.05) is 60.7 Å². The van der Waals surface area contributed by atoms with E-state index in [0.29, 0.717) is 17.5 Å². The zero-order valence-electron chi connectivity index (χ0n) is 30.3. The number of rotatable bonds is 6. The van der Waals surface area contributed by atoms with Crippen LogP contribution in [0.2, 0.25) is 0 Å². The van der Waals surface area contributed by atoms with Crippen molar-refractivity contribution in [2.24, 2.45) is 0 Å². The molecule has 0 saturated carbocycles. The van der Waals surface area contributed by atoms with Gasteiger partial charge in [-0.15, -0.1) is 0 Å². The second-order valence-electron chi connectivity index (χ2n) is 14.1. The van der Waals surface area contributed by atoms with E-state index in [2.05, 4.69) is 149 Å². The van der Waals surface area contributed by atoms with E-state index < -0.39 is 0 Å². The monoisotopic (exact) mass is 715 g/mol. The molecule has 11 aromatic rings. The first kappa shape index (κ1) is 31.9. The maximum atomic E-state index is 4.99. The van der Waals surface area contributed by atoms with Crippen molar-refractivity contribution < 1.29 is 0 Å². The summed E-state index contributed by atoms with van der Waals surface area (Å²) in [7, 11) is 0. The Morgan fingerprint density at radius 1 is 0.339 bits per heavy atom. The maximum Gasteiger partial charge on any atom is 0.164 e. The molecular formula is C51H33N5. The Bertz CT molecular complexity index is 3180. The molecule has 0 fully saturated rings. The summed E-state index contributed by atoms with van der Waals surface area (Å²) in [5.74, 6) is 1.93. The van der Waals surface area contributed by atoms with E-state index >= 15 is 0 Å². The smallest absolute Gasteiger partial charge is 0.164 e. The number of benzene rings is 8. The molecular weight excluding hydrogens is 683 g/mol. The Morgan fingerprint density at radius 3 is 1.61 bits per heavy atom. The minimum atomic E-state index is 0.636. The fraction of sp³-hybridized carbons (Fsp3) is 0. The van der Waals surface area contributed by atoms with Crippen molar-refractivity contribution in [1.29, 1.82) is 0 Å². The van der Waals surface area contributed by atoms with Crippen LogP contribution >= 0.6 is 0 Å². The fourth-order valence-corrected chi connectivity index (χ4v) is 8.18. The van der Waals surface area contributed by atoms with Crippen molar-refractivity contribution in [3.63, 3.8) is 0 Å². The van der Waals surface area contributed by atoms with Crippen LogP contribution in [0.15, 0.2) is 200 Å². The normalized spacial score (nSPS) is 11.6. The van der Waals surface area contributed by atoms with Crippen LogP contribution in [0.1, 0.15) is 0 Å². The van der Waals surface area contributed by atoms with Gasteiger partial charge in [-0.2, -0.15) is 0 Å². The van der Waals surface area contributed by atoms with Crippen LogP contribution in [0.25, 0.3) is 100 Å². The summed E-state index contributed by atoms with van der Waals surface area (Å²) in [5.41, 5.74) is 10.9. The molecule has 0 unspecified atom stereocenters. The second-order valence-corrected chi connectivity index (χ2v) is 14.1. The minimum absolute atomic E-state index is 0.636. The first-order chi connectivity index (χ1) is 27.8. The van der Waals surface area contributed by atoms with Crippen molar-refractivity contribution in [3.05, 3.63) is 200 Å². The fourth-order valence-electron chi connectivity index (χ4n) is 8.18. The highest BCUT2D eigenvalue weighted by atomic mass is 15.0. The third-order valence-electron chi connectivity index (χ3n) is 10.8. The Morgan fingerprint density at radius 2 is 0.875 bits per heavy atom. The standard InChI is InChI=1S/C51H33N5/c1-4-14-36(15-5-1)49-52-50(37-16-6-2-7-17-37)54-51(53-49)40-20-12-18-38(32-40)39-19-13-23-42(33-39)55-31-30-35-27-26-34-28-29-45-47(46(34)48(35)55)43-24-10-11-25-44(43)56(45)41-21-8-3-9-22-41/h1-33H. The number of aromatic nitrogens is 5. The summed E-state index contributed by atoms with van der Waals surface area (Å²) >= 11 is 0. The first-order valence-electron chi connectivity index (χ1n) is 18.9. The predicted octanol–water partition coefficient (Wildman–Crippen LogP) is 12.7. The quantitative estimate of drug-likeness (QED) is 0.172. The van der Waals surface area contributed by atoms with E-state index in [-0.39, 0.29) is 0 Å². The molecule has 56 heavy (non-hydrogen) atoms. The third-order valence-corrected chi connectivity index (χ3v) is 10.8. The molecule has 8 aromatic carbocycles. The Hall–Kier alpha value is -7.63. The van der Waals surface area contributed by atoms with Gasteiger partial charge in [-0.3, -0.25) is 0 Å². The van der Waals surface area contributed by atoms with Gasteiger partial charge in [-0.25, -0.2) is 15.0 Å². The van der Waals surface area contributed by atoms with Gasteiger partial charge in [0.2, 0.25) is 0 Å². The van der Waals surface area contributed by atoms with E-state index in [9.17, 15) is 0 Å². The van der Waals surface area contributed by atoms with E-state index in [1.54, 1.807) is 0 Å². The second kappa shape index (κ2) is 13.0. The van der Waals surface area contributed by atoms with E-state index in [1.165, 1.54) is 43.5 Å². The van der Waals surface area contributed by atoms with Gasteiger partial charge >= 0.3 is 0 Å². The molecule has 0 radical (unpaired) electrons. The number of hydrogen-bond acceptors (Lipinski definition) is 3. The average molecular weight is 716 g/mol. The lowest BCUT2D eigenvalue weighted by molar-refractivity contribution is 1.07. The van der Waals surface area contributed by atoms with Crippen LogP contribution in [-0.4, -0.2) is 24.1 Å². The molecule has 3 aromatic heterocycles. The van der Waals surface area contributed by atoms with Crippen LogP contribution in [0.4, 0.5) is 0 Å². The molecule has 0 spiro atoms. The number of fused-ring (bicyclic) bond motifs is 7. The third kappa shape index (κ3) is 5.29. The van der Waals surface area contributed by atoms with Crippen molar-refractivity contribution in [2.45, 2.75) is 0 Å². The largest absolute Gasteiger partial charge is 0.316 e. The summed E-state index contributed by atoms with van der Waals surface area (Å²) < 4.78 is 4.74. The molecule has 11 rings (SSSR count). The molecule has 3 heterocycles. The lowest BCUT2D eigenvalue weighted by atomic mass is 10.0. The topological polar surface area (TPSA) is 48.5 Å². The van der Waals surface area contributed by atoms with Crippen molar-refractivity contribution in [1.82, 2.24) is 24.1 Å². The predicted molar refractivity (Wildman–Crippen MR) is 230 cm³/mol. The summed E-state index contributed by atoms with van der Waals surface area (Å²) in [6.45, 7) is 0. The van der Waals surface area contributed by atoms with Gasteiger partial charge in [0.25, 0.3) is 0 Å². The zero-order valence-corrected chi connectivity index (χ0v) is 30.3. The van der Waals surface area contributed by atoms with Gasteiger partial charge in [-0.1, -0.05) is 146 Å². The Labute approximate surface area is 323 Å². The summed E-state index contributed by atoms with van der Waals surface area (Å²) in [4.78, 5) is 14.9. The lowest BCUT2D eigenvalue weighted by Gasteiger charge is -2.13.